The zero-order valence-corrected chi connectivity index (χ0v) is 11.2. The Kier molecular flexibility index (Phi) is 2.92. The molecule has 2 aromatic rings. The van der Waals surface area contributed by atoms with Crippen LogP contribution in [0.5, 0.6) is 0 Å². The second kappa shape index (κ2) is 4.45. The number of rotatable bonds is 1. The van der Waals surface area contributed by atoms with Crippen LogP contribution in [0.3, 0.4) is 0 Å². The van der Waals surface area contributed by atoms with Gasteiger partial charge in [0.1, 0.15) is 0 Å². The van der Waals surface area contributed by atoms with Gasteiger partial charge in [-0.05, 0) is 56.0 Å². The molecule has 1 aliphatic rings. The number of hydrogen-bond donors (Lipinski definition) is 1. The van der Waals surface area contributed by atoms with Crippen molar-refractivity contribution in [2.24, 2.45) is 5.73 Å². The molecular formula is C15H17ClN2. The van der Waals surface area contributed by atoms with Crippen LogP contribution in [0.25, 0.3) is 5.69 Å². The number of aryl methyl sites for hydroxylation is 1. The Morgan fingerprint density at radius 3 is 2.94 bits per heavy atom. The predicted molar refractivity (Wildman–Crippen MR) is 75.4 cm³/mol. The molecule has 1 aromatic heterocycles. The van der Waals surface area contributed by atoms with Crippen molar-refractivity contribution in [1.29, 1.82) is 0 Å². The Hall–Kier alpha value is -1.25. The van der Waals surface area contributed by atoms with Crippen LogP contribution in [-0.4, -0.2) is 4.57 Å². The zero-order chi connectivity index (χ0) is 12.7. The van der Waals surface area contributed by atoms with Crippen LogP contribution in [0.4, 0.5) is 0 Å². The van der Waals surface area contributed by atoms with Gasteiger partial charge in [0.2, 0.25) is 0 Å². The lowest BCUT2D eigenvalue weighted by atomic mass is 9.93. The Bertz CT molecular complexity index is 586. The lowest BCUT2D eigenvalue weighted by Gasteiger charge is -2.21. The van der Waals surface area contributed by atoms with Gasteiger partial charge in [0.05, 0.1) is 0 Å². The van der Waals surface area contributed by atoms with Gasteiger partial charge in [0.15, 0.2) is 0 Å². The van der Waals surface area contributed by atoms with E-state index in [-0.39, 0.29) is 6.04 Å². The number of halogens is 1. The van der Waals surface area contributed by atoms with E-state index in [9.17, 15) is 0 Å². The highest BCUT2D eigenvalue weighted by Crippen LogP contribution is 2.33. The maximum atomic E-state index is 6.20. The van der Waals surface area contributed by atoms with Crippen molar-refractivity contribution in [1.82, 2.24) is 4.57 Å². The van der Waals surface area contributed by atoms with Crippen molar-refractivity contribution < 1.29 is 0 Å². The Morgan fingerprint density at radius 2 is 2.17 bits per heavy atom. The summed E-state index contributed by atoms with van der Waals surface area (Å²) in [5.74, 6) is 0. The Balaban J connectivity index is 2.18. The molecule has 0 amide bonds. The molecule has 2 N–H and O–H groups in total. The van der Waals surface area contributed by atoms with E-state index in [1.54, 1.807) is 0 Å². The van der Waals surface area contributed by atoms with Crippen LogP contribution >= 0.6 is 11.6 Å². The standard InChI is InChI=1S/C15H17ClN2/c1-10-8-13-14(17)6-3-7-15(13)18(10)12-5-2-4-11(16)9-12/h2,4-5,8-9,14H,3,6-7,17H2,1H3. The summed E-state index contributed by atoms with van der Waals surface area (Å²) in [6.45, 7) is 2.13. The molecule has 94 valence electrons. The Morgan fingerprint density at radius 1 is 1.33 bits per heavy atom. The minimum absolute atomic E-state index is 0.188. The van der Waals surface area contributed by atoms with Gasteiger partial charge < -0.3 is 10.3 Å². The number of nitrogens with two attached hydrogens (primary N) is 1. The summed E-state index contributed by atoms with van der Waals surface area (Å²) in [5.41, 5.74) is 11.2. The predicted octanol–water partition coefficient (Wildman–Crippen LogP) is 3.78. The van der Waals surface area contributed by atoms with E-state index < -0.39 is 0 Å². The van der Waals surface area contributed by atoms with Gasteiger partial charge >= 0.3 is 0 Å². The molecule has 1 aromatic carbocycles. The van der Waals surface area contributed by atoms with Gasteiger partial charge in [-0.15, -0.1) is 0 Å². The first-order valence-electron chi connectivity index (χ1n) is 6.39. The highest BCUT2D eigenvalue weighted by Gasteiger charge is 2.22. The maximum Gasteiger partial charge on any atom is 0.0469 e. The molecular weight excluding hydrogens is 244 g/mol. The van der Waals surface area contributed by atoms with Gasteiger partial charge in [0, 0.05) is 28.1 Å². The summed E-state index contributed by atoms with van der Waals surface area (Å²) in [4.78, 5) is 0. The quantitative estimate of drug-likeness (QED) is 0.831. The monoisotopic (exact) mass is 260 g/mol. The van der Waals surface area contributed by atoms with E-state index >= 15 is 0 Å². The van der Waals surface area contributed by atoms with Crippen LogP contribution in [0.2, 0.25) is 5.02 Å². The molecule has 1 heterocycles. The van der Waals surface area contributed by atoms with E-state index in [1.807, 2.05) is 18.2 Å². The molecule has 0 saturated heterocycles. The molecule has 2 nitrogen and oxygen atoms in total. The van der Waals surface area contributed by atoms with Gasteiger partial charge in [-0.1, -0.05) is 17.7 Å². The minimum atomic E-state index is 0.188. The van der Waals surface area contributed by atoms with Crippen molar-refractivity contribution in [3.63, 3.8) is 0 Å². The molecule has 1 atom stereocenters. The minimum Gasteiger partial charge on any atom is -0.324 e. The van der Waals surface area contributed by atoms with Crippen molar-refractivity contribution in [2.45, 2.75) is 32.2 Å². The zero-order valence-electron chi connectivity index (χ0n) is 10.5. The molecule has 3 heteroatoms. The van der Waals surface area contributed by atoms with Crippen LogP contribution in [0.1, 0.15) is 35.8 Å². The van der Waals surface area contributed by atoms with E-state index in [0.717, 1.165) is 30.0 Å². The number of hydrogen-bond acceptors (Lipinski definition) is 1. The van der Waals surface area contributed by atoms with Crippen molar-refractivity contribution in [3.05, 3.63) is 52.3 Å². The number of nitrogens with zero attached hydrogens (tertiary/aromatic N) is 1. The third kappa shape index (κ3) is 1.86. The van der Waals surface area contributed by atoms with E-state index in [1.165, 1.54) is 17.0 Å². The number of benzene rings is 1. The molecule has 1 aliphatic carbocycles. The second-order valence-electron chi connectivity index (χ2n) is 5.00. The van der Waals surface area contributed by atoms with Gasteiger partial charge in [-0.3, -0.25) is 0 Å². The van der Waals surface area contributed by atoms with E-state index in [4.69, 9.17) is 17.3 Å². The molecule has 0 aliphatic heterocycles. The van der Waals surface area contributed by atoms with Crippen LogP contribution in [0.15, 0.2) is 30.3 Å². The average molecular weight is 261 g/mol. The van der Waals surface area contributed by atoms with E-state index in [2.05, 4.69) is 23.6 Å². The van der Waals surface area contributed by atoms with Crippen LogP contribution in [-0.2, 0) is 6.42 Å². The van der Waals surface area contributed by atoms with Gasteiger partial charge in [-0.25, -0.2) is 0 Å². The first-order chi connectivity index (χ1) is 8.66. The van der Waals surface area contributed by atoms with Crippen molar-refractivity contribution >= 4 is 11.6 Å². The molecule has 0 spiro atoms. The molecule has 0 fully saturated rings. The summed E-state index contributed by atoms with van der Waals surface area (Å²) >= 11 is 6.09. The lowest BCUT2D eigenvalue weighted by molar-refractivity contribution is 0.560. The maximum absolute atomic E-state index is 6.20. The topological polar surface area (TPSA) is 30.9 Å². The number of aromatic nitrogens is 1. The fourth-order valence-corrected chi connectivity index (χ4v) is 3.10. The highest BCUT2D eigenvalue weighted by molar-refractivity contribution is 6.30. The molecule has 0 saturated carbocycles. The van der Waals surface area contributed by atoms with Gasteiger partial charge in [-0.2, -0.15) is 0 Å². The smallest absolute Gasteiger partial charge is 0.0469 e. The lowest BCUT2D eigenvalue weighted by Crippen LogP contribution is -2.17. The Labute approximate surface area is 112 Å². The highest BCUT2D eigenvalue weighted by atomic mass is 35.5. The normalized spacial score (nSPS) is 18.7. The summed E-state index contributed by atoms with van der Waals surface area (Å²) < 4.78 is 2.29. The fourth-order valence-electron chi connectivity index (χ4n) is 2.91. The van der Waals surface area contributed by atoms with Gasteiger partial charge in [0.25, 0.3) is 0 Å². The van der Waals surface area contributed by atoms with Crippen LogP contribution in [0, 0.1) is 6.92 Å². The summed E-state index contributed by atoms with van der Waals surface area (Å²) in [6.07, 6.45) is 3.35. The molecule has 0 bridgehead atoms. The van der Waals surface area contributed by atoms with Crippen molar-refractivity contribution in [2.75, 3.05) is 0 Å². The SMILES string of the molecule is Cc1cc2c(n1-c1cccc(Cl)c1)CCCC2N. The average Bonchev–Trinajstić information content (AvgIpc) is 2.67. The molecule has 18 heavy (non-hydrogen) atoms. The summed E-state index contributed by atoms with van der Waals surface area (Å²) in [5, 5.41) is 0.773. The fraction of sp³-hybridized carbons (Fsp3) is 0.333. The third-order valence-electron chi connectivity index (χ3n) is 3.71. The van der Waals surface area contributed by atoms with Crippen LogP contribution < -0.4 is 5.73 Å². The second-order valence-corrected chi connectivity index (χ2v) is 5.44. The first kappa shape index (κ1) is 11.8. The molecule has 3 rings (SSSR count). The summed E-state index contributed by atoms with van der Waals surface area (Å²) in [6, 6.07) is 10.4. The van der Waals surface area contributed by atoms with Crippen molar-refractivity contribution in [3.8, 4) is 5.69 Å². The molecule has 1 unspecified atom stereocenters. The first-order valence-corrected chi connectivity index (χ1v) is 6.77. The number of fused-ring (bicyclic) bond motifs is 1. The van der Waals surface area contributed by atoms with E-state index in [0.29, 0.717) is 0 Å². The summed E-state index contributed by atoms with van der Waals surface area (Å²) in [7, 11) is 0. The largest absolute Gasteiger partial charge is 0.324 e. The third-order valence-corrected chi connectivity index (χ3v) is 3.95. The molecule has 0 radical (unpaired) electrons.